The average Bonchev–Trinajstić information content (AvgIpc) is 2.67. The monoisotopic (exact) mass is 317 g/mol. The first kappa shape index (κ1) is 16.0. The number of hydrogen-bond acceptors (Lipinski definition) is 5. The Bertz CT molecular complexity index is 662. The van der Waals surface area contributed by atoms with Crippen LogP contribution in [0.25, 0.3) is 0 Å². The summed E-state index contributed by atoms with van der Waals surface area (Å²) in [6, 6.07) is -0.359. The molecule has 8 heteroatoms. The maximum Gasteiger partial charge on any atom is 0.340 e. The number of carbonyl (C=O) groups is 1. The maximum absolute atomic E-state index is 12.8. The molecule has 1 aliphatic rings. The second-order valence-electron chi connectivity index (χ2n) is 5.29. The Morgan fingerprint density at radius 3 is 2.48 bits per heavy atom. The summed E-state index contributed by atoms with van der Waals surface area (Å²) in [4.78, 5) is 11.1. The Labute approximate surface area is 123 Å². The van der Waals surface area contributed by atoms with E-state index in [1.807, 2.05) is 0 Å². The molecule has 1 N–H and O–H groups in total. The number of rotatable bonds is 3. The van der Waals surface area contributed by atoms with Gasteiger partial charge in [-0.25, -0.2) is 13.2 Å². The Balaban J connectivity index is 2.57. The van der Waals surface area contributed by atoms with Crippen LogP contribution in [0.4, 0.5) is 0 Å². The van der Waals surface area contributed by atoms with Gasteiger partial charge < -0.3 is 14.3 Å². The van der Waals surface area contributed by atoms with Crippen LogP contribution in [-0.4, -0.2) is 49.1 Å². The van der Waals surface area contributed by atoms with Crippen LogP contribution in [0, 0.1) is 13.8 Å². The Morgan fingerprint density at radius 2 is 1.90 bits per heavy atom. The number of furan rings is 1. The van der Waals surface area contributed by atoms with E-state index in [2.05, 4.69) is 0 Å². The molecule has 1 aliphatic heterocycles. The highest BCUT2D eigenvalue weighted by Gasteiger charge is 2.39. The Morgan fingerprint density at radius 1 is 1.29 bits per heavy atom. The molecular formula is C13H19NO6S. The van der Waals surface area contributed by atoms with Crippen molar-refractivity contribution in [1.82, 2.24) is 4.31 Å². The molecule has 2 heterocycles. The standard InChI is InChI=1S/C13H19NO6S/c1-7-6-19-8(2)5-14(7)21(17,18)12-10(4)20-9(3)11(12)13(15)16/h7-8H,5-6H2,1-4H3,(H,15,16). The lowest BCUT2D eigenvalue weighted by molar-refractivity contribution is -0.0171. The van der Waals surface area contributed by atoms with Crippen LogP contribution < -0.4 is 0 Å². The number of aryl methyl sites for hydroxylation is 2. The minimum absolute atomic E-state index is 0.0903. The number of sulfonamides is 1. The zero-order valence-corrected chi connectivity index (χ0v) is 13.2. The maximum atomic E-state index is 12.8. The molecule has 7 nitrogen and oxygen atoms in total. The summed E-state index contributed by atoms with van der Waals surface area (Å²) in [5, 5.41) is 9.27. The Hall–Kier alpha value is -1.38. The third-order valence-corrected chi connectivity index (χ3v) is 5.67. The zero-order valence-electron chi connectivity index (χ0n) is 12.4. The number of aromatic carboxylic acids is 1. The molecule has 0 aliphatic carbocycles. The highest BCUT2D eigenvalue weighted by Crippen LogP contribution is 2.31. The number of carboxylic acids is 1. The summed E-state index contributed by atoms with van der Waals surface area (Å²) in [6.45, 7) is 6.87. The molecule has 0 radical (unpaired) electrons. The normalized spacial score (nSPS) is 24.2. The molecule has 2 unspecified atom stereocenters. The predicted octanol–water partition coefficient (Wildman–Crippen LogP) is 1.39. The van der Waals surface area contributed by atoms with Gasteiger partial charge in [-0.05, 0) is 27.7 Å². The van der Waals surface area contributed by atoms with E-state index in [9.17, 15) is 18.3 Å². The fourth-order valence-corrected chi connectivity index (χ4v) is 4.62. The van der Waals surface area contributed by atoms with Gasteiger partial charge in [-0.3, -0.25) is 0 Å². The summed E-state index contributed by atoms with van der Waals surface area (Å²) in [5.41, 5.74) is -0.293. The summed E-state index contributed by atoms with van der Waals surface area (Å²) in [6.07, 6.45) is -0.238. The van der Waals surface area contributed by atoms with Crippen molar-refractivity contribution in [3.63, 3.8) is 0 Å². The van der Waals surface area contributed by atoms with Crippen molar-refractivity contribution in [1.29, 1.82) is 0 Å². The summed E-state index contributed by atoms with van der Waals surface area (Å²) in [7, 11) is -3.95. The van der Waals surface area contributed by atoms with Crippen LogP contribution in [0.3, 0.4) is 0 Å². The summed E-state index contributed by atoms with van der Waals surface area (Å²) < 4.78 is 37.6. The summed E-state index contributed by atoms with van der Waals surface area (Å²) in [5.74, 6) is -1.12. The molecule has 2 rings (SSSR count). The van der Waals surface area contributed by atoms with Gasteiger partial charge in [-0.15, -0.1) is 0 Å². The van der Waals surface area contributed by atoms with Gasteiger partial charge in [-0.2, -0.15) is 4.31 Å². The molecule has 0 bridgehead atoms. The van der Waals surface area contributed by atoms with Crippen molar-refractivity contribution < 1.29 is 27.5 Å². The van der Waals surface area contributed by atoms with E-state index < -0.39 is 16.0 Å². The zero-order chi connectivity index (χ0) is 15.9. The molecule has 1 aromatic rings. The van der Waals surface area contributed by atoms with Crippen LogP contribution in [0.2, 0.25) is 0 Å². The van der Waals surface area contributed by atoms with Crippen molar-refractivity contribution in [3.05, 3.63) is 17.1 Å². The number of carboxylic acid groups (broad SMARTS) is 1. The first-order valence-corrected chi connectivity index (χ1v) is 8.07. The van der Waals surface area contributed by atoms with Crippen LogP contribution >= 0.6 is 0 Å². The highest BCUT2D eigenvalue weighted by atomic mass is 32.2. The van der Waals surface area contributed by atoms with Gasteiger partial charge in [0.25, 0.3) is 0 Å². The fraction of sp³-hybridized carbons (Fsp3) is 0.615. The molecule has 1 fully saturated rings. The third-order valence-electron chi connectivity index (χ3n) is 3.54. The molecule has 0 aromatic carbocycles. The van der Waals surface area contributed by atoms with Gasteiger partial charge in [-0.1, -0.05) is 0 Å². The van der Waals surface area contributed by atoms with Crippen molar-refractivity contribution in [2.45, 2.75) is 44.7 Å². The quantitative estimate of drug-likeness (QED) is 0.905. The number of ether oxygens (including phenoxy) is 1. The fourth-order valence-electron chi connectivity index (χ4n) is 2.55. The number of hydrogen-bond donors (Lipinski definition) is 1. The summed E-state index contributed by atoms with van der Waals surface area (Å²) >= 11 is 0. The van der Waals surface area contributed by atoms with Crippen molar-refractivity contribution in [2.24, 2.45) is 0 Å². The Kier molecular flexibility index (Phi) is 4.14. The van der Waals surface area contributed by atoms with Crippen LogP contribution in [-0.2, 0) is 14.8 Å². The minimum Gasteiger partial charge on any atom is -0.478 e. The molecule has 0 saturated carbocycles. The molecule has 2 atom stereocenters. The van der Waals surface area contributed by atoms with Gasteiger partial charge >= 0.3 is 5.97 Å². The van der Waals surface area contributed by atoms with E-state index in [0.717, 1.165) is 0 Å². The smallest absolute Gasteiger partial charge is 0.340 e. The van der Waals surface area contributed by atoms with E-state index in [0.29, 0.717) is 0 Å². The average molecular weight is 317 g/mol. The molecule has 21 heavy (non-hydrogen) atoms. The van der Waals surface area contributed by atoms with Crippen LogP contribution in [0.1, 0.15) is 35.7 Å². The van der Waals surface area contributed by atoms with Gasteiger partial charge in [0.2, 0.25) is 10.0 Å². The second kappa shape index (κ2) is 5.43. The molecular weight excluding hydrogens is 298 g/mol. The van der Waals surface area contributed by atoms with E-state index >= 15 is 0 Å². The molecule has 0 amide bonds. The lowest BCUT2D eigenvalue weighted by Gasteiger charge is -2.35. The topological polar surface area (TPSA) is 97.0 Å². The minimum atomic E-state index is -3.95. The van der Waals surface area contributed by atoms with Gasteiger partial charge in [0.05, 0.1) is 12.7 Å². The lowest BCUT2D eigenvalue weighted by atomic mass is 10.2. The predicted molar refractivity (Wildman–Crippen MR) is 73.9 cm³/mol. The van der Waals surface area contributed by atoms with E-state index in [-0.39, 0.29) is 47.3 Å². The van der Waals surface area contributed by atoms with Crippen molar-refractivity contribution >= 4 is 16.0 Å². The van der Waals surface area contributed by atoms with Crippen molar-refractivity contribution in [3.8, 4) is 0 Å². The first-order chi connectivity index (χ1) is 9.66. The van der Waals surface area contributed by atoms with Gasteiger partial charge in [0, 0.05) is 12.6 Å². The lowest BCUT2D eigenvalue weighted by Crippen LogP contribution is -2.50. The van der Waals surface area contributed by atoms with Gasteiger partial charge in [0.15, 0.2) is 0 Å². The van der Waals surface area contributed by atoms with E-state index in [1.165, 1.54) is 18.2 Å². The van der Waals surface area contributed by atoms with Crippen molar-refractivity contribution in [2.75, 3.05) is 13.2 Å². The number of morpholine rings is 1. The SMILES string of the molecule is Cc1oc(C)c(S(=O)(=O)N2CC(C)OCC2C)c1C(=O)O. The van der Waals surface area contributed by atoms with Crippen LogP contribution in [0.5, 0.6) is 0 Å². The third kappa shape index (κ3) is 2.70. The van der Waals surface area contributed by atoms with Crippen LogP contribution in [0.15, 0.2) is 9.31 Å². The molecule has 118 valence electrons. The molecule has 0 spiro atoms. The highest BCUT2D eigenvalue weighted by molar-refractivity contribution is 7.89. The number of nitrogens with zero attached hydrogens (tertiary/aromatic N) is 1. The van der Waals surface area contributed by atoms with E-state index in [1.54, 1.807) is 13.8 Å². The molecule has 1 aromatic heterocycles. The largest absolute Gasteiger partial charge is 0.478 e. The first-order valence-electron chi connectivity index (χ1n) is 6.63. The molecule has 1 saturated heterocycles. The second-order valence-corrected chi connectivity index (χ2v) is 7.12. The van der Waals surface area contributed by atoms with Gasteiger partial charge in [0.1, 0.15) is 22.0 Å². The van der Waals surface area contributed by atoms with E-state index in [4.69, 9.17) is 9.15 Å².